The number of benzene rings is 2. The summed E-state index contributed by atoms with van der Waals surface area (Å²) >= 11 is 2.62. The van der Waals surface area contributed by atoms with Gasteiger partial charge < -0.3 is 0 Å². The molecule has 0 atom stereocenters. The Kier molecular flexibility index (Phi) is 9.70. The van der Waals surface area contributed by atoms with Crippen molar-refractivity contribution >= 4 is 26.8 Å². The Balaban J connectivity index is 0.00000324. The molecule has 3 aromatic rings. The van der Waals surface area contributed by atoms with Crippen LogP contribution in [0.2, 0.25) is 0 Å². The van der Waals surface area contributed by atoms with Crippen molar-refractivity contribution < 1.29 is 59.2 Å². The van der Waals surface area contributed by atoms with Gasteiger partial charge in [0, 0.05) is 32.7 Å². The molecule has 0 saturated carbocycles. The Morgan fingerprint density at radius 1 is 1.26 bits per heavy atom. The number of rotatable bonds is 8. The predicted molar refractivity (Wildman–Crippen MR) is 126 cm³/mol. The Labute approximate surface area is 234 Å². The van der Waals surface area contributed by atoms with E-state index in [1.165, 1.54) is 0 Å². The molecule has 0 amide bonds. The number of nitrogens with one attached hydrogen (secondary N) is 1. The summed E-state index contributed by atoms with van der Waals surface area (Å²) in [7, 11) is 1.60. The SMILES string of the molecule is C=CCOc1cc2c(N3CCN([C](=[V])Nc4cc[c-]cc4)CC3)c(C#N)cnc2cc1OC.[Y]. The van der Waals surface area contributed by atoms with Crippen molar-refractivity contribution in [1.29, 1.82) is 5.26 Å². The first-order chi connectivity index (χ1) is 16.1. The van der Waals surface area contributed by atoms with Crippen LogP contribution in [0.5, 0.6) is 11.5 Å². The van der Waals surface area contributed by atoms with E-state index in [1.807, 2.05) is 36.4 Å². The van der Waals surface area contributed by atoms with Crippen LogP contribution in [0.4, 0.5) is 11.4 Å². The van der Waals surface area contributed by atoms with E-state index in [1.54, 1.807) is 19.4 Å². The number of hydrogen-bond donors (Lipinski definition) is 1. The van der Waals surface area contributed by atoms with Crippen molar-refractivity contribution in [1.82, 2.24) is 9.88 Å². The quantitative estimate of drug-likeness (QED) is 0.331. The van der Waals surface area contributed by atoms with Crippen LogP contribution in [0, 0.1) is 17.4 Å². The molecule has 2 heterocycles. The number of methoxy groups -OCH3 is 1. The molecule has 0 unspecified atom stereocenters. The first-order valence-corrected chi connectivity index (χ1v) is 11.3. The minimum absolute atomic E-state index is 0. The number of anilines is 2. The number of ether oxygens (including phenoxy) is 2. The molecule has 7 nitrogen and oxygen atoms in total. The second-order valence-electron chi connectivity index (χ2n) is 7.46. The van der Waals surface area contributed by atoms with Crippen LogP contribution in [-0.2, 0) is 49.7 Å². The molecule has 34 heavy (non-hydrogen) atoms. The molecule has 1 N–H and O–H groups in total. The molecule has 170 valence electrons. The fourth-order valence-electron chi connectivity index (χ4n) is 3.85. The first-order valence-electron chi connectivity index (χ1n) is 10.6. The predicted octanol–water partition coefficient (Wildman–Crippen LogP) is 3.35. The number of nitrogens with zero attached hydrogens (tertiary/aromatic N) is 4. The van der Waals surface area contributed by atoms with Crippen LogP contribution in [0.3, 0.4) is 0 Å². The number of hydrogen-bond acceptors (Lipinski definition) is 7. The Bertz CT molecular complexity index is 1210. The van der Waals surface area contributed by atoms with E-state index in [4.69, 9.17) is 9.47 Å². The van der Waals surface area contributed by atoms with E-state index >= 15 is 0 Å². The van der Waals surface area contributed by atoms with Crippen LogP contribution in [0.25, 0.3) is 10.9 Å². The molecular formula is C25H24N5O2VY-. The summed E-state index contributed by atoms with van der Waals surface area (Å²) < 4.78 is 12.3. The summed E-state index contributed by atoms with van der Waals surface area (Å²) in [6.07, 6.45) is 3.32. The zero-order chi connectivity index (χ0) is 23.2. The van der Waals surface area contributed by atoms with E-state index < -0.39 is 0 Å². The molecule has 0 aliphatic carbocycles. The summed E-state index contributed by atoms with van der Waals surface area (Å²) in [6.45, 7) is 7.26. The van der Waals surface area contributed by atoms with Crippen molar-refractivity contribution in [3.63, 3.8) is 0 Å². The van der Waals surface area contributed by atoms with Gasteiger partial charge in [0.15, 0.2) is 0 Å². The normalized spacial score (nSPS) is 13.4. The van der Waals surface area contributed by atoms with Gasteiger partial charge in [-0.3, -0.25) is 0 Å². The van der Waals surface area contributed by atoms with Gasteiger partial charge in [-0.2, -0.15) is 0 Å². The molecule has 2 aromatic carbocycles. The van der Waals surface area contributed by atoms with Gasteiger partial charge in [0.2, 0.25) is 0 Å². The van der Waals surface area contributed by atoms with Gasteiger partial charge in [-0.05, 0) is 0 Å². The van der Waals surface area contributed by atoms with Crippen LogP contribution >= 0.6 is 0 Å². The van der Waals surface area contributed by atoms with Crippen LogP contribution in [-0.4, -0.2) is 54.3 Å². The summed E-state index contributed by atoms with van der Waals surface area (Å²) in [5.41, 5.74) is 3.22. The average Bonchev–Trinajstić information content (AvgIpc) is 2.86. The second kappa shape index (κ2) is 12.5. The van der Waals surface area contributed by atoms with E-state index in [2.05, 4.69) is 55.8 Å². The zero-order valence-electron chi connectivity index (χ0n) is 19.0. The topological polar surface area (TPSA) is 73.7 Å². The summed E-state index contributed by atoms with van der Waals surface area (Å²) in [6, 6.07) is 16.9. The van der Waals surface area contributed by atoms with Crippen LogP contribution in [0.15, 0.2) is 55.3 Å². The number of piperazine rings is 1. The van der Waals surface area contributed by atoms with Gasteiger partial charge in [-0.1, -0.05) is 6.58 Å². The minimum Gasteiger partial charge on any atom is 0 e. The summed E-state index contributed by atoms with van der Waals surface area (Å²) in [4.78, 5) is 9.04. The number of aromatic nitrogens is 1. The molecule has 0 bridgehead atoms. The van der Waals surface area contributed by atoms with E-state index in [0.29, 0.717) is 23.7 Å². The maximum absolute atomic E-state index is 9.81. The van der Waals surface area contributed by atoms with Crippen LogP contribution < -0.4 is 19.7 Å². The van der Waals surface area contributed by atoms with E-state index in [0.717, 1.165) is 52.9 Å². The molecule has 1 radical (unpaired) electrons. The molecule has 0 spiro atoms. The third-order valence-electron chi connectivity index (χ3n) is 5.47. The molecular weight excluding hydrogens is 542 g/mol. The summed E-state index contributed by atoms with van der Waals surface area (Å²) in [5, 5.41) is 14.1. The van der Waals surface area contributed by atoms with Gasteiger partial charge in [-0.15, -0.1) is 0 Å². The average molecular weight is 566 g/mol. The van der Waals surface area contributed by atoms with Gasteiger partial charge in [0.05, 0.1) is 0 Å². The van der Waals surface area contributed by atoms with Crippen LogP contribution in [0.1, 0.15) is 5.56 Å². The Morgan fingerprint density at radius 2 is 2.00 bits per heavy atom. The van der Waals surface area contributed by atoms with E-state index in [-0.39, 0.29) is 32.7 Å². The van der Waals surface area contributed by atoms with Crippen molar-refractivity contribution in [2.24, 2.45) is 0 Å². The second-order valence-corrected chi connectivity index (χ2v) is 8.13. The third-order valence-corrected chi connectivity index (χ3v) is 6.09. The van der Waals surface area contributed by atoms with Crippen molar-refractivity contribution in [3.05, 3.63) is 66.9 Å². The molecule has 1 aromatic heterocycles. The third kappa shape index (κ3) is 5.89. The zero-order valence-corrected chi connectivity index (χ0v) is 23.2. The van der Waals surface area contributed by atoms with Crippen molar-refractivity contribution in [2.45, 2.75) is 0 Å². The molecule has 1 saturated heterocycles. The molecule has 9 heteroatoms. The number of fused-ring (bicyclic) bond motifs is 1. The summed E-state index contributed by atoms with van der Waals surface area (Å²) in [5.74, 6) is 1.21. The first kappa shape index (κ1) is 26.4. The van der Waals surface area contributed by atoms with Gasteiger partial charge >= 0.3 is 196 Å². The molecule has 1 aliphatic heterocycles. The maximum atomic E-state index is 9.81. The fraction of sp³-hybridized carbons (Fsp3) is 0.240. The monoisotopic (exact) mass is 566 g/mol. The molecule has 4 rings (SSSR count). The minimum atomic E-state index is 0. The molecule has 1 fully saturated rings. The Hall–Kier alpha value is -2.20. The van der Waals surface area contributed by atoms with Crippen molar-refractivity contribution in [2.75, 3.05) is 50.1 Å². The Morgan fingerprint density at radius 3 is 2.65 bits per heavy atom. The van der Waals surface area contributed by atoms with Gasteiger partial charge in [0.1, 0.15) is 0 Å². The smallest absolute Gasteiger partial charge is 0 e. The van der Waals surface area contributed by atoms with E-state index in [9.17, 15) is 5.26 Å². The standard InChI is InChI=1S/C25H24N5O2.V.Y/c1-3-13-32-24-14-21-22(15-23(24)31-2)27-17-19(16-26)25(21)30-11-9-29(10-12-30)18-28-20-7-5-4-6-8-20;;/h3,5-8,14-15,17,28H,1,9-13H2,2H3;;/q-1;;. The molecule has 1 aliphatic rings. The fourth-order valence-corrected chi connectivity index (χ4v) is 4.36. The van der Waals surface area contributed by atoms with Gasteiger partial charge in [0.25, 0.3) is 0 Å². The van der Waals surface area contributed by atoms with Crippen molar-refractivity contribution in [3.8, 4) is 17.6 Å². The van der Waals surface area contributed by atoms with Gasteiger partial charge in [-0.25, -0.2) is 0 Å². The number of nitriles is 1. The number of pyridine rings is 1.